The summed E-state index contributed by atoms with van der Waals surface area (Å²) in [5.74, 6) is -2.98. The van der Waals surface area contributed by atoms with Gasteiger partial charge < -0.3 is 9.84 Å². The van der Waals surface area contributed by atoms with Crippen LogP contribution in [0.25, 0.3) is 0 Å². The number of alkyl halides is 3. The lowest BCUT2D eigenvalue weighted by atomic mass is 9.77. The number of nitrogens with zero attached hydrogens (tertiary/aromatic N) is 1. The topological polar surface area (TPSA) is 66.8 Å². The summed E-state index contributed by atoms with van der Waals surface area (Å²) >= 11 is 0. The van der Waals surface area contributed by atoms with Gasteiger partial charge in [-0.05, 0) is 18.2 Å². The summed E-state index contributed by atoms with van der Waals surface area (Å²) in [7, 11) is 0. The molecule has 3 heterocycles. The van der Waals surface area contributed by atoms with E-state index in [1.807, 2.05) is 0 Å². The number of halogens is 3. The highest BCUT2D eigenvalue weighted by atomic mass is 19.4. The number of anilines is 1. The van der Waals surface area contributed by atoms with Crippen LogP contribution in [0.1, 0.15) is 5.56 Å². The highest BCUT2D eigenvalue weighted by molar-refractivity contribution is 6.23. The van der Waals surface area contributed by atoms with Gasteiger partial charge in [-0.1, -0.05) is 18.2 Å². The fourth-order valence-corrected chi connectivity index (χ4v) is 3.76. The Bertz CT molecular complexity index is 775. The third-order valence-corrected chi connectivity index (χ3v) is 4.83. The summed E-state index contributed by atoms with van der Waals surface area (Å²) in [6.07, 6.45) is -2.06. The number of amides is 2. The van der Waals surface area contributed by atoms with E-state index in [9.17, 15) is 27.9 Å². The van der Waals surface area contributed by atoms with Crippen LogP contribution in [0.4, 0.5) is 18.9 Å². The molecule has 4 atom stereocenters. The summed E-state index contributed by atoms with van der Waals surface area (Å²) in [5, 5.41) is 9.59. The van der Waals surface area contributed by atoms with E-state index in [-0.39, 0.29) is 5.69 Å². The Labute approximate surface area is 134 Å². The Morgan fingerprint density at radius 1 is 1.25 bits per heavy atom. The first-order valence-electron chi connectivity index (χ1n) is 7.32. The molecule has 3 aliphatic rings. The van der Waals surface area contributed by atoms with Crippen molar-refractivity contribution in [2.45, 2.75) is 17.9 Å². The van der Waals surface area contributed by atoms with E-state index < -0.39 is 53.7 Å². The zero-order valence-corrected chi connectivity index (χ0v) is 12.2. The maximum Gasteiger partial charge on any atom is 0.416 e. The summed E-state index contributed by atoms with van der Waals surface area (Å²) in [5.41, 5.74) is -2.33. The molecule has 5 nitrogen and oxygen atoms in total. The van der Waals surface area contributed by atoms with Crippen molar-refractivity contribution in [2.24, 2.45) is 11.8 Å². The van der Waals surface area contributed by atoms with Gasteiger partial charge in [-0.2, -0.15) is 13.2 Å². The minimum Gasteiger partial charge on any atom is -0.393 e. The Morgan fingerprint density at radius 2 is 2.00 bits per heavy atom. The normalized spacial score (nSPS) is 34.3. The SMILES string of the molecule is O=C1[C@H]2[C@@H](C(=O)N1c1cccc(C(F)(F)F)c1)[C@@]1(CO)C=C[C@H]2O1. The molecule has 126 valence electrons. The quantitative estimate of drug-likeness (QED) is 0.655. The molecule has 4 rings (SSSR count). The summed E-state index contributed by atoms with van der Waals surface area (Å²) < 4.78 is 44.2. The maximum atomic E-state index is 12.9. The highest BCUT2D eigenvalue weighted by Gasteiger charge is 2.67. The van der Waals surface area contributed by atoms with E-state index in [1.165, 1.54) is 6.07 Å². The molecule has 2 amide bonds. The molecular weight excluding hydrogens is 327 g/mol. The third kappa shape index (κ3) is 1.83. The number of carbonyl (C=O) groups is 2. The average Bonchev–Trinajstić information content (AvgIpc) is 3.18. The third-order valence-electron chi connectivity index (χ3n) is 4.83. The molecule has 0 radical (unpaired) electrons. The first kappa shape index (κ1) is 15.3. The molecule has 2 bridgehead atoms. The molecule has 1 aromatic carbocycles. The van der Waals surface area contributed by atoms with Crippen LogP contribution in [0, 0.1) is 11.8 Å². The number of aliphatic hydroxyl groups is 1. The number of rotatable bonds is 2. The van der Waals surface area contributed by atoms with Gasteiger partial charge >= 0.3 is 6.18 Å². The van der Waals surface area contributed by atoms with Gasteiger partial charge in [0.25, 0.3) is 0 Å². The lowest BCUT2D eigenvalue weighted by Crippen LogP contribution is -2.43. The first-order chi connectivity index (χ1) is 11.3. The van der Waals surface area contributed by atoms with Crippen LogP contribution in [0.15, 0.2) is 36.4 Å². The molecule has 0 aliphatic carbocycles. The maximum absolute atomic E-state index is 12.9. The van der Waals surface area contributed by atoms with Gasteiger partial charge in [-0.15, -0.1) is 0 Å². The zero-order valence-electron chi connectivity index (χ0n) is 12.2. The summed E-state index contributed by atoms with van der Waals surface area (Å²) in [6.45, 7) is -0.476. The number of benzene rings is 1. The van der Waals surface area contributed by atoms with E-state index in [0.29, 0.717) is 0 Å². The summed E-state index contributed by atoms with van der Waals surface area (Å²) in [6, 6.07) is 4.09. The van der Waals surface area contributed by atoms with Crippen molar-refractivity contribution in [2.75, 3.05) is 11.5 Å². The predicted octanol–water partition coefficient (Wildman–Crippen LogP) is 1.51. The van der Waals surface area contributed by atoms with Gasteiger partial charge in [0.15, 0.2) is 0 Å². The van der Waals surface area contributed by atoms with Gasteiger partial charge in [-0.25, -0.2) is 4.90 Å². The largest absolute Gasteiger partial charge is 0.416 e. The standard InChI is InChI=1S/C16H12F3NO4/c17-16(18,19)8-2-1-3-9(6-8)20-13(22)11-10-4-5-15(7-21,24-10)12(11)14(20)23/h1-6,10-12,21H,7H2/t10-,11-,12+,15+/m1/s1. The Hall–Kier alpha value is -2.19. The lowest BCUT2D eigenvalue weighted by molar-refractivity contribution is -0.138. The second-order valence-corrected chi connectivity index (χ2v) is 6.12. The molecule has 1 N–H and O–H groups in total. The van der Waals surface area contributed by atoms with Crippen molar-refractivity contribution in [3.63, 3.8) is 0 Å². The fraction of sp³-hybridized carbons (Fsp3) is 0.375. The number of fused-ring (bicyclic) bond motifs is 5. The van der Waals surface area contributed by atoms with Crippen molar-refractivity contribution in [3.05, 3.63) is 42.0 Å². The highest BCUT2D eigenvalue weighted by Crippen LogP contribution is 2.52. The molecule has 2 fully saturated rings. The van der Waals surface area contributed by atoms with Crippen molar-refractivity contribution in [3.8, 4) is 0 Å². The molecule has 1 aromatic rings. The van der Waals surface area contributed by atoms with Crippen LogP contribution < -0.4 is 4.90 Å². The number of ether oxygens (including phenoxy) is 1. The molecule has 0 spiro atoms. The molecule has 24 heavy (non-hydrogen) atoms. The van der Waals surface area contributed by atoms with E-state index >= 15 is 0 Å². The fourth-order valence-electron chi connectivity index (χ4n) is 3.76. The number of hydrogen-bond acceptors (Lipinski definition) is 4. The van der Waals surface area contributed by atoms with Crippen LogP contribution in [-0.4, -0.2) is 35.2 Å². The van der Waals surface area contributed by atoms with Crippen LogP contribution in [0.5, 0.6) is 0 Å². The van der Waals surface area contributed by atoms with Gasteiger partial charge in [0.2, 0.25) is 11.8 Å². The van der Waals surface area contributed by atoms with E-state index in [1.54, 1.807) is 12.2 Å². The Morgan fingerprint density at radius 3 is 2.67 bits per heavy atom. The minimum absolute atomic E-state index is 0.123. The van der Waals surface area contributed by atoms with Crippen LogP contribution >= 0.6 is 0 Å². The van der Waals surface area contributed by atoms with Gasteiger partial charge in [0, 0.05) is 0 Å². The van der Waals surface area contributed by atoms with Crippen LogP contribution in [0.3, 0.4) is 0 Å². The minimum atomic E-state index is -4.58. The molecule has 3 aliphatic heterocycles. The molecule has 8 heteroatoms. The van der Waals surface area contributed by atoms with Crippen LogP contribution in [0.2, 0.25) is 0 Å². The van der Waals surface area contributed by atoms with Crippen molar-refractivity contribution >= 4 is 17.5 Å². The second kappa shape index (κ2) is 4.67. The number of hydrogen-bond donors (Lipinski definition) is 1. The van der Waals surface area contributed by atoms with Gasteiger partial charge in [0.1, 0.15) is 5.60 Å². The number of imide groups is 1. The molecular formula is C16H12F3NO4. The van der Waals surface area contributed by atoms with Crippen molar-refractivity contribution in [1.82, 2.24) is 0 Å². The number of carbonyl (C=O) groups excluding carboxylic acids is 2. The Balaban J connectivity index is 1.75. The van der Waals surface area contributed by atoms with Gasteiger partial charge in [0.05, 0.1) is 35.8 Å². The smallest absolute Gasteiger partial charge is 0.393 e. The lowest BCUT2D eigenvalue weighted by Gasteiger charge is -2.26. The molecule has 0 saturated carbocycles. The van der Waals surface area contributed by atoms with E-state index in [2.05, 4.69) is 0 Å². The zero-order chi connectivity index (χ0) is 17.3. The molecule has 0 unspecified atom stereocenters. The number of aliphatic hydroxyl groups excluding tert-OH is 1. The second-order valence-electron chi connectivity index (χ2n) is 6.12. The Kier molecular flexibility index (Phi) is 2.99. The van der Waals surface area contributed by atoms with E-state index in [4.69, 9.17) is 4.74 Å². The first-order valence-corrected chi connectivity index (χ1v) is 7.32. The molecule has 0 aromatic heterocycles. The van der Waals surface area contributed by atoms with Crippen molar-refractivity contribution in [1.29, 1.82) is 0 Å². The molecule has 2 saturated heterocycles. The monoisotopic (exact) mass is 339 g/mol. The predicted molar refractivity (Wildman–Crippen MR) is 74.7 cm³/mol. The van der Waals surface area contributed by atoms with Crippen molar-refractivity contribution < 1.29 is 32.6 Å². The average molecular weight is 339 g/mol. The summed E-state index contributed by atoms with van der Waals surface area (Å²) in [4.78, 5) is 26.1. The van der Waals surface area contributed by atoms with Gasteiger partial charge in [-0.3, -0.25) is 9.59 Å². The van der Waals surface area contributed by atoms with Crippen LogP contribution in [-0.2, 0) is 20.5 Å². The van der Waals surface area contributed by atoms with E-state index in [0.717, 1.165) is 23.1 Å².